The van der Waals surface area contributed by atoms with Gasteiger partial charge >= 0.3 is 0 Å². The molecule has 0 unspecified atom stereocenters. The molecule has 0 spiro atoms. The lowest BCUT2D eigenvalue weighted by molar-refractivity contribution is -0.0741. The molecule has 1 saturated heterocycles. The fourth-order valence-corrected chi connectivity index (χ4v) is 2.14. The van der Waals surface area contributed by atoms with Gasteiger partial charge < -0.3 is 9.84 Å². The Morgan fingerprint density at radius 3 is 2.84 bits per heavy atom. The van der Waals surface area contributed by atoms with Crippen LogP contribution in [0.25, 0.3) is 6.08 Å². The van der Waals surface area contributed by atoms with Gasteiger partial charge in [-0.2, -0.15) is 0 Å². The third-order valence-electron chi connectivity index (χ3n) is 3.36. The Morgan fingerprint density at radius 1 is 1.42 bits per heavy atom. The van der Waals surface area contributed by atoms with Crippen molar-refractivity contribution in [2.45, 2.75) is 19.1 Å². The predicted octanol–water partition coefficient (Wildman–Crippen LogP) is 1.92. The van der Waals surface area contributed by atoms with Crippen molar-refractivity contribution in [1.29, 1.82) is 0 Å². The second-order valence-electron chi connectivity index (χ2n) is 4.89. The Kier molecular flexibility index (Phi) is 5.07. The quantitative estimate of drug-likeness (QED) is 0.903. The molecule has 1 aromatic rings. The summed E-state index contributed by atoms with van der Waals surface area (Å²) in [6.07, 6.45) is 3.95. The highest BCUT2D eigenvalue weighted by atomic mass is 19.1. The van der Waals surface area contributed by atoms with Gasteiger partial charge in [0.15, 0.2) is 0 Å². The molecule has 19 heavy (non-hydrogen) atoms. The Balaban J connectivity index is 1.88. The van der Waals surface area contributed by atoms with Crippen LogP contribution in [0.5, 0.6) is 0 Å². The highest BCUT2D eigenvalue weighted by Gasteiger charge is 2.24. The predicted molar refractivity (Wildman–Crippen MR) is 73.3 cm³/mol. The number of nitrogens with zero attached hydrogens (tertiary/aromatic N) is 1. The number of halogens is 1. The standard InChI is InChI=1S/C15H20FNO2/c1-12-11-19-15(10-18)9-17(12)8-2-3-13-4-6-14(16)7-5-13/h2-7,12,15,18H,8-11H2,1H3/b3-2+/t12-,15-/m1/s1. The zero-order valence-electron chi connectivity index (χ0n) is 11.1. The van der Waals surface area contributed by atoms with E-state index < -0.39 is 0 Å². The van der Waals surface area contributed by atoms with E-state index >= 15 is 0 Å². The number of ether oxygens (including phenoxy) is 1. The van der Waals surface area contributed by atoms with E-state index in [1.807, 2.05) is 6.08 Å². The Labute approximate surface area is 113 Å². The summed E-state index contributed by atoms with van der Waals surface area (Å²) < 4.78 is 18.3. The van der Waals surface area contributed by atoms with E-state index in [1.54, 1.807) is 12.1 Å². The highest BCUT2D eigenvalue weighted by Crippen LogP contribution is 2.12. The molecule has 2 rings (SSSR count). The second-order valence-corrected chi connectivity index (χ2v) is 4.89. The van der Waals surface area contributed by atoms with Crippen LogP contribution in [0, 0.1) is 5.82 Å². The number of benzene rings is 1. The van der Waals surface area contributed by atoms with Gasteiger partial charge in [-0.1, -0.05) is 24.3 Å². The van der Waals surface area contributed by atoms with Gasteiger partial charge in [-0.15, -0.1) is 0 Å². The van der Waals surface area contributed by atoms with E-state index in [0.29, 0.717) is 12.6 Å². The minimum absolute atomic E-state index is 0.0604. The lowest BCUT2D eigenvalue weighted by Crippen LogP contribution is -2.49. The topological polar surface area (TPSA) is 32.7 Å². The average Bonchev–Trinajstić information content (AvgIpc) is 2.43. The third kappa shape index (κ3) is 4.13. The van der Waals surface area contributed by atoms with Crippen LogP contribution in [0.1, 0.15) is 12.5 Å². The largest absolute Gasteiger partial charge is 0.394 e. The molecule has 4 heteroatoms. The van der Waals surface area contributed by atoms with Crippen molar-refractivity contribution in [3.05, 3.63) is 41.7 Å². The smallest absolute Gasteiger partial charge is 0.123 e. The van der Waals surface area contributed by atoms with Crippen molar-refractivity contribution in [1.82, 2.24) is 4.90 Å². The van der Waals surface area contributed by atoms with Gasteiger partial charge in [0.2, 0.25) is 0 Å². The first-order valence-corrected chi connectivity index (χ1v) is 6.57. The fraction of sp³-hybridized carbons (Fsp3) is 0.467. The summed E-state index contributed by atoms with van der Waals surface area (Å²) in [5.74, 6) is -0.218. The number of hydrogen-bond donors (Lipinski definition) is 1. The van der Waals surface area contributed by atoms with Gasteiger partial charge in [0, 0.05) is 19.1 Å². The molecule has 0 aliphatic carbocycles. The van der Waals surface area contributed by atoms with Crippen LogP contribution >= 0.6 is 0 Å². The SMILES string of the molecule is C[C@@H]1CO[C@@H](CO)CN1C/C=C/c1ccc(F)cc1. The lowest BCUT2D eigenvalue weighted by atomic mass is 10.1. The van der Waals surface area contributed by atoms with E-state index in [0.717, 1.165) is 18.7 Å². The first-order valence-electron chi connectivity index (χ1n) is 6.57. The normalized spacial score (nSPS) is 25.0. The summed E-state index contributed by atoms with van der Waals surface area (Å²) in [5, 5.41) is 9.12. The maximum absolute atomic E-state index is 12.8. The average molecular weight is 265 g/mol. The molecule has 1 aromatic carbocycles. The highest BCUT2D eigenvalue weighted by molar-refractivity contribution is 5.48. The number of hydrogen-bond acceptors (Lipinski definition) is 3. The van der Waals surface area contributed by atoms with Crippen molar-refractivity contribution >= 4 is 6.08 Å². The van der Waals surface area contributed by atoms with E-state index in [1.165, 1.54) is 12.1 Å². The Bertz CT molecular complexity index is 419. The van der Waals surface area contributed by atoms with Crippen LogP contribution in [-0.4, -0.2) is 48.5 Å². The van der Waals surface area contributed by atoms with E-state index in [2.05, 4.69) is 17.9 Å². The van der Waals surface area contributed by atoms with Crippen LogP contribution in [-0.2, 0) is 4.74 Å². The molecule has 1 heterocycles. The van der Waals surface area contributed by atoms with Crippen molar-refractivity contribution in [2.24, 2.45) is 0 Å². The Morgan fingerprint density at radius 2 is 2.16 bits per heavy atom. The maximum Gasteiger partial charge on any atom is 0.123 e. The molecule has 3 nitrogen and oxygen atoms in total. The van der Waals surface area contributed by atoms with Gasteiger partial charge in [0.05, 0.1) is 19.3 Å². The summed E-state index contributed by atoms with van der Waals surface area (Å²) in [6, 6.07) is 6.77. The molecular weight excluding hydrogens is 245 g/mol. The fourth-order valence-electron chi connectivity index (χ4n) is 2.14. The van der Waals surface area contributed by atoms with Gasteiger partial charge in [-0.3, -0.25) is 4.90 Å². The first kappa shape index (κ1) is 14.2. The van der Waals surface area contributed by atoms with Gasteiger partial charge in [0.1, 0.15) is 5.82 Å². The molecule has 2 atom stereocenters. The monoisotopic (exact) mass is 265 g/mol. The van der Waals surface area contributed by atoms with Crippen LogP contribution < -0.4 is 0 Å². The molecule has 1 aliphatic heterocycles. The van der Waals surface area contributed by atoms with Crippen LogP contribution in [0.4, 0.5) is 4.39 Å². The molecule has 1 N–H and O–H groups in total. The Hall–Kier alpha value is -1.23. The van der Waals surface area contributed by atoms with Gasteiger partial charge in [-0.25, -0.2) is 4.39 Å². The van der Waals surface area contributed by atoms with E-state index in [9.17, 15) is 4.39 Å². The maximum atomic E-state index is 12.8. The zero-order valence-corrected chi connectivity index (χ0v) is 11.1. The van der Waals surface area contributed by atoms with Crippen molar-refractivity contribution < 1.29 is 14.2 Å². The number of aliphatic hydroxyl groups excluding tert-OH is 1. The molecule has 0 bridgehead atoms. The second kappa shape index (κ2) is 6.80. The van der Waals surface area contributed by atoms with Crippen molar-refractivity contribution in [3.8, 4) is 0 Å². The van der Waals surface area contributed by atoms with Crippen LogP contribution in [0.2, 0.25) is 0 Å². The molecule has 1 aliphatic rings. The molecular formula is C15H20FNO2. The van der Waals surface area contributed by atoms with E-state index in [4.69, 9.17) is 9.84 Å². The summed E-state index contributed by atoms with van der Waals surface area (Å²) in [7, 11) is 0. The number of aliphatic hydroxyl groups is 1. The molecule has 104 valence electrons. The summed E-state index contributed by atoms with van der Waals surface area (Å²) >= 11 is 0. The number of morpholine rings is 1. The summed E-state index contributed by atoms with van der Waals surface area (Å²) in [6.45, 7) is 4.36. The van der Waals surface area contributed by atoms with Gasteiger partial charge in [0.25, 0.3) is 0 Å². The minimum Gasteiger partial charge on any atom is -0.394 e. The zero-order chi connectivity index (χ0) is 13.7. The summed E-state index contributed by atoms with van der Waals surface area (Å²) in [5.41, 5.74) is 0.987. The molecule has 0 radical (unpaired) electrons. The minimum atomic E-state index is -0.218. The number of rotatable bonds is 4. The van der Waals surface area contributed by atoms with Crippen molar-refractivity contribution in [2.75, 3.05) is 26.3 Å². The van der Waals surface area contributed by atoms with E-state index in [-0.39, 0.29) is 18.5 Å². The third-order valence-corrected chi connectivity index (χ3v) is 3.36. The molecule has 0 aromatic heterocycles. The van der Waals surface area contributed by atoms with Gasteiger partial charge in [-0.05, 0) is 24.6 Å². The first-order chi connectivity index (χ1) is 9.19. The lowest BCUT2D eigenvalue weighted by Gasteiger charge is -2.36. The summed E-state index contributed by atoms with van der Waals surface area (Å²) in [4.78, 5) is 2.27. The van der Waals surface area contributed by atoms with Crippen LogP contribution in [0.3, 0.4) is 0 Å². The molecule has 0 amide bonds. The van der Waals surface area contributed by atoms with Crippen molar-refractivity contribution in [3.63, 3.8) is 0 Å². The molecule has 1 fully saturated rings. The molecule has 0 saturated carbocycles. The van der Waals surface area contributed by atoms with Crippen LogP contribution in [0.15, 0.2) is 30.3 Å².